The highest BCUT2D eigenvalue weighted by atomic mass is 16.5. The first-order valence-corrected chi connectivity index (χ1v) is 7.39. The highest BCUT2D eigenvalue weighted by Crippen LogP contribution is 2.13. The molecular formula is C16H16N4O3. The highest BCUT2D eigenvalue weighted by molar-refractivity contribution is 6.03. The van der Waals surface area contributed by atoms with E-state index in [0.29, 0.717) is 16.7 Å². The minimum Gasteiger partial charge on any atom is -0.359 e. The number of amides is 1. The number of benzene rings is 1. The van der Waals surface area contributed by atoms with Crippen LogP contribution in [-0.2, 0) is 13.0 Å². The monoisotopic (exact) mass is 312 g/mol. The van der Waals surface area contributed by atoms with Crippen LogP contribution in [0.25, 0.3) is 10.9 Å². The molecule has 0 atom stereocenters. The molecule has 23 heavy (non-hydrogen) atoms. The Hall–Kier alpha value is -2.96. The van der Waals surface area contributed by atoms with Gasteiger partial charge >= 0.3 is 5.69 Å². The third-order valence-corrected chi connectivity index (χ3v) is 3.39. The van der Waals surface area contributed by atoms with Gasteiger partial charge in [-0.3, -0.25) is 4.79 Å². The van der Waals surface area contributed by atoms with E-state index in [-0.39, 0.29) is 12.2 Å². The van der Waals surface area contributed by atoms with Crippen molar-refractivity contribution < 1.29 is 9.32 Å². The summed E-state index contributed by atoms with van der Waals surface area (Å²) >= 11 is 0. The smallest absolute Gasteiger partial charge is 0.346 e. The zero-order valence-corrected chi connectivity index (χ0v) is 12.6. The molecule has 2 aromatic heterocycles. The number of aromatic nitrogens is 3. The first-order valence-electron chi connectivity index (χ1n) is 7.39. The summed E-state index contributed by atoms with van der Waals surface area (Å²) in [6, 6.07) is 8.84. The number of carbonyl (C=O) groups is 1. The lowest BCUT2D eigenvalue weighted by Gasteiger charge is -2.05. The number of carbonyl (C=O) groups excluding carboxylic acids is 1. The summed E-state index contributed by atoms with van der Waals surface area (Å²) in [7, 11) is 0. The lowest BCUT2D eigenvalue weighted by Crippen LogP contribution is -2.27. The van der Waals surface area contributed by atoms with Gasteiger partial charge in [0.25, 0.3) is 5.91 Å². The number of nitrogens with one attached hydrogen (secondary N) is 2. The van der Waals surface area contributed by atoms with Crippen LogP contribution in [-0.4, -0.2) is 21.0 Å². The molecule has 1 aromatic carbocycles. The molecule has 2 N–H and O–H groups in total. The number of aryl methyl sites for hydroxylation is 1. The Bertz CT molecular complexity index is 897. The molecule has 0 saturated carbocycles. The molecule has 0 unspecified atom stereocenters. The number of nitrogens with zero attached hydrogens (tertiary/aromatic N) is 2. The molecule has 0 fully saturated rings. The summed E-state index contributed by atoms with van der Waals surface area (Å²) in [5.41, 5.74) is 0.968. The Morgan fingerprint density at radius 1 is 1.35 bits per heavy atom. The minimum absolute atomic E-state index is 0.0950. The van der Waals surface area contributed by atoms with E-state index in [9.17, 15) is 9.59 Å². The summed E-state index contributed by atoms with van der Waals surface area (Å²) in [6.07, 6.45) is 1.80. The van der Waals surface area contributed by atoms with E-state index >= 15 is 0 Å². The van der Waals surface area contributed by atoms with Crippen molar-refractivity contribution in [2.24, 2.45) is 0 Å². The summed E-state index contributed by atoms with van der Waals surface area (Å²) in [6.45, 7) is 2.25. The molecule has 0 spiro atoms. The molecule has 0 aliphatic carbocycles. The average molecular weight is 312 g/mol. The van der Waals surface area contributed by atoms with E-state index in [2.05, 4.69) is 27.4 Å². The third-order valence-electron chi connectivity index (χ3n) is 3.39. The SMILES string of the molecule is CCCc1cc(CNC(=O)c2nc(=O)[nH]c3ccccc23)on1. The minimum atomic E-state index is -0.557. The van der Waals surface area contributed by atoms with Gasteiger partial charge < -0.3 is 14.8 Å². The van der Waals surface area contributed by atoms with E-state index < -0.39 is 11.6 Å². The number of fused-ring (bicyclic) bond motifs is 1. The number of para-hydroxylation sites is 1. The second kappa shape index (κ2) is 6.43. The number of hydrogen-bond acceptors (Lipinski definition) is 5. The van der Waals surface area contributed by atoms with Crippen LogP contribution in [0, 0.1) is 0 Å². The van der Waals surface area contributed by atoms with Crippen LogP contribution >= 0.6 is 0 Å². The van der Waals surface area contributed by atoms with Crippen molar-refractivity contribution in [3.05, 3.63) is 58.0 Å². The van der Waals surface area contributed by atoms with Crippen LogP contribution in [0.1, 0.15) is 35.3 Å². The number of hydrogen-bond donors (Lipinski definition) is 2. The molecule has 7 nitrogen and oxygen atoms in total. The normalized spacial score (nSPS) is 10.8. The zero-order valence-electron chi connectivity index (χ0n) is 12.6. The van der Waals surface area contributed by atoms with E-state index in [4.69, 9.17) is 4.52 Å². The summed E-state index contributed by atoms with van der Waals surface area (Å²) in [4.78, 5) is 30.3. The highest BCUT2D eigenvalue weighted by Gasteiger charge is 2.14. The fraction of sp³-hybridized carbons (Fsp3) is 0.250. The van der Waals surface area contributed by atoms with E-state index in [1.807, 2.05) is 6.07 Å². The molecule has 0 saturated heterocycles. The first kappa shape index (κ1) is 15.0. The van der Waals surface area contributed by atoms with Gasteiger partial charge in [-0.05, 0) is 12.5 Å². The molecule has 2 heterocycles. The van der Waals surface area contributed by atoms with Gasteiger partial charge in [0.15, 0.2) is 5.76 Å². The summed E-state index contributed by atoms with van der Waals surface area (Å²) in [5, 5.41) is 7.22. The van der Waals surface area contributed by atoms with Gasteiger partial charge in [0, 0.05) is 11.5 Å². The van der Waals surface area contributed by atoms with Crippen molar-refractivity contribution in [2.75, 3.05) is 0 Å². The Morgan fingerprint density at radius 3 is 3.00 bits per heavy atom. The van der Waals surface area contributed by atoms with Crippen LogP contribution < -0.4 is 11.0 Å². The standard InChI is InChI=1S/C16H16N4O3/c1-2-5-10-8-11(23-20-10)9-17-15(21)14-12-6-3-4-7-13(12)18-16(22)19-14/h3-4,6-8H,2,5,9H2,1H3,(H,17,21)(H,18,19,22). The molecular weight excluding hydrogens is 296 g/mol. The summed E-state index contributed by atoms with van der Waals surface area (Å²) < 4.78 is 5.16. The Labute approximate surface area is 131 Å². The van der Waals surface area contributed by atoms with Crippen LogP contribution in [0.3, 0.4) is 0 Å². The van der Waals surface area contributed by atoms with Gasteiger partial charge in [-0.1, -0.05) is 36.7 Å². The molecule has 3 rings (SSSR count). The lowest BCUT2D eigenvalue weighted by atomic mass is 10.2. The van der Waals surface area contributed by atoms with Crippen molar-refractivity contribution in [2.45, 2.75) is 26.3 Å². The van der Waals surface area contributed by atoms with Gasteiger partial charge in [-0.15, -0.1) is 0 Å². The van der Waals surface area contributed by atoms with Gasteiger partial charge in [0.2, 0.25) is 0 Å². The number of aromatic amines is 1. The number of rotatable bonds is 5. The van der Waals surface area contributed by atoms with E-state index in [1.165, 1.54) is 0 Å². The van der Waals surface area contributed by atoms with Gasteiger partial charge in [0.1, 0.15) is 5.69 Å². The molecule has 0 bridgehead atoms. The molecule has 0 aliphatic heterocycles. The van der Waals surface area contributed by atoms with Gasteiger partial charge in [0.05, 0.1) is 17.8 Å². The van der Waals surface area contributed by atoms with Crippen LogP contribution in [0.15, 0.2) is 39.6 Å². The maximum Gasteiger partial charge on any atom is 0.346 e. The van der Waals surface area contributed by atoms with Crippen molar-refractivity contribution in [1.29, 1.82) is 0 Å². The molecule has 7 heteroatoms. The van der Waals surface area contributed by atoms with Crippen LogP contribution in [0.5, 0.6) is 0 Å². The molecule has 0 aliphatic rings. The maximum absolute atomic E-state index is 12.3. The molecule has 0 radical (unpaired) electrons. The predicted octanol–water partition coefficient (Wildman–Crippen LogP) is 1.79. The fourth-order valence-electron chi connectivity index (χ4n) is 2.34. The van der Waals surface area contributed by atoms with Crippen molar-refractivity contribution in [3.8, 4) is 0 Å². The second-order valence-corrected chi connectivity index (χ2v) is 5.15. The van der Waals surface area contributed by atoms with E-state index in [0.717, 1.165) is 18.5 Å². The zero-order chi connectivity index (χ0) is 16.2. The third kappa shape index (κ3) is 3.28. The topological polar surface area (TPSA) is 101 Å². The molecule has 118 valence electrons. The van der Waals surface area contributed by atoms with Crippen molar-refractivity contribution in [3.63, 3.8) is 0 Å². The average Bonchev–Trinajstić information content (AvgIpc) is 3.00. The van der Waals surface area contributed by atoms with Crippen molar-refractivity contribution >= 4 is 16.8 Å². The quantitative estimate of drug-likeness (QED) is 0.748. The number of H-pyrrole nitrogens is 1. The van der Waals surface area contributed by atoms with E-state index in [1.54, 1.807) is 24.3 Å². The van der Waals surface area contributed by atoms with Gasteiger partial charge in [-0.25, -0.2) is 4.79 Å². The molecule has 3 aromatic rings. The predicted molar refractivity (Wildman–Crippen MR) is 84.0 cm³/mol. The maximum atomic E-state index is 12.3. The second-order valence-electron chi connectivity index (χ2n) is 5.15. The molecule has 1 amide bonds. The van der Waals surface area contributed by atoms with Crippen molar-refractivity contribution in [1.82, 2.24) is 20.4 Å². The Kier molecular flexibility index (Phi) is 4.18. The lowest BCUT2D eigenvalue weighted by molar-refractivity contribution is 0.0943. The summed E-state index contributed by atoms with van der Waals surface area (Å²) in [5.74, 6) is 0.136. The van der Waals surface area contributed by atoms with Crippen LogP contribution in [0.4, 0.5) is 0 Å². The largest absolute Gasteiger partial charge is 0.359 e. The Balaban J connectivity index is 1.79. The fourth-order valence-corrected chi connectivity index (χ4v) is 2.34. The first-order chi connectivity index (χ1) is 11.2. The van der Waals surface area contributed by atoms with Crippen LogP contribution in [0.2, 0.25) is 0 Å². The Morgan fingerprint density at radius 2 is 2.17 bits per heavy atom. The van der Waals surface area contributed by atoms with Gasteiger partial charge in [-0.2, -0.15) is 4.98 Å².